The molecule has 5 nitrogen and oxygen atoms in total. The van der Waals surface area contributed by atoms with E-state index in [4.69, 9.17) is 19.4 Å². The van der Waals surface area contributed by atoms with E-state index in [2.05, 4.69) is 42.5 Å². The maximum Gasteiger partial charge on any atom is 0.164 e. The zero-order chi connectivity index (χ0) is 32.0. The summed E-state index contributed by atoms with van der Waals surface area (Å²) in [4.78, 5) is 15.1. The summed E-state index contributed by atoms with van der Waals surface area (Å²) in [7, 11) is 0. The molecule has 9 rings (SSSR count). The van der Waals surface area contributed by atoms with E-state index in [9.17, 15) is 5.11 Å². The van der Waals surface area contributed by atoms with Crippen LogP contribution in [0.4, 0.5) is 0 Å². The summed E-state index contributed by atoms with van der Waals surface area (Å²) >= 11 is 0. The maximum atomic E-state index is 11.8. The second kappa shape index (κ2) is 11.3. The Bertz CT molecular complexity index is 2630. The van der Waals surface area contributed by atoms with Crippen molar-refractivity contribution in [2.75, 3.05) is 0 Å². The zero-order valence-electron chi connectivity index (χ0n) is 25.7. The van der Waals surface area contributed by atoms with Gasteiger partial charge in [0.25, 0.3) is 0 Å². The van der Waals surface area contributed by atoms with E-state index in [0.717, 1.165) is 60.5 Å². The van der Waals surface area contributed by atoms with Gasteiger partial charge in [0.2, 0.25) is 0 Å². The first kappa shape index (κ1) is 27.7. The second-order valence-corrected chi connectivity index (χ2v) is 11.8. The molecule has 48 heavy (non-hydrogen) atoms. The number of rotatable bonds is 5. The Morgan fingerprint density at radius 2 is 1.06 bits per heavy atom. The summed E-state index contributed by atoms with van der Waals surface area (Å²) in [6.45, 7) is 0. The molecule has 1 N–H and O–H groups in total. The maximum absolute atomic E-state index is 11.8. The highest BCUT2D eigenvalue weighted by Crippen LogP contribution is 2.44. The SMILES string of the molecule is Oc1cc(-c2cccc3c2oc2ccccc23)cc(-c2nc(-c3ccccc3)nc(-c3ccc4ccccc4c3)n2)c1-c1ccccc1. The Labute approximate surface area is 276 Å². The van der Waals surface area contributed by atoms with Gasteiger partial charge in [-0.05, 0) is 46.2 Å². The van der Waals surface area contributed by atoms with Gasteiger partial charge in [0.05, 0.1) is 0 Å². The Morgan fingerprint density at radius 1 is 0.417 bits per heavy atom. The number of benzene rings is 7. The molecule has 0 spiro atoms. The summed E-state index contributed by atoms with van der Waals surface area (Å²) in [5.74, 6) is 1.68. The van der Waals surface area contributed by atoms with Gasteiger partial charge in [0.15, 0.2) is 17.5 Å². The number of phenols is 1. The van der Waals surface area contributed by atoms with Gasteiger partial charge in [-0.25, -0.2) is 15.0 Å². The highest BCUT2D eigenvalue weighted by Gasteiger charge is 2.21. The average molecular weight is 618 g/mol. The van der Waals surface area contributed by atoms with Crippen molar-refractivity contribution in [1.29, 1.82) is 0 Å². The topological polar surface area (TPSA) is 72.0 Å². The van der Waals surface area contributed by atoms with Gasteiger partial charge in [-0.1, -0.05) is 133 Å². The van der Waals surface area contributed by atoms with Gasteiger partial charge < -0.3 is 9.52 Å². The summed E-state index contributed by atoms with van der Waals surface area (Å²) in [5.41, 5.74) is 7.17. The van der Waals surface area contributed by atoms with Gasteiger partial charge in [-0.3, -0.25) is 0 Å². The lowest BCUT2D eigenvalue weighted by molar-refractivity contribution is 0.477. The van der Waals surface area contributed by atoms with E-state index in [1.807, 2.05) is 109 Å². The predicted octanol–water partition coefficient (Wildman–Crippen LogP) is 11.0. The van der Waals surface area contributed by atoms with E-state index in [-0.39, 0.29) is 5.75 Å². The van der Waals surface area contributed by atoms with Crippen LogP contribution in [0.3, 0.4) is 0 Å². The number of furan rings is 1. The fourth-order valence-corrected chi connectivity index (χ4v) is 6.51. The van der Waals surface area contributed by atoms with Crippen LogP contribution < -0.4 is 0 Å². The van der Waals surface area contributed by atoms with Crippen LogP contribution in [0.1, 0.15) is 0 Å². The van der Waals surface area contributed by atoms with Crippen molar-refractivity contribution in [3.63, 3.8) is 0 Å². The number of phenolic OH excluding ortho intramolecular Hbond substituents is 1. The van der Waals surface area contributed by atoms with Crippen molar-refractivity contribution in [1.82, 2.24) is 15.0 Å². The van der Waals surface area contributed by atoms with Crippen LogP contribution in [0.5, 0.6) is 5.75 Å². The molecule has 5 heteroatoms. The number of hydrogen-bond donors (Lipinski definition) is 1. The first-order chi connectivity index (χ1) is 23.7. The third kappa shape index (κ3) is 4.77. The lowest BCUT2D eigenvalue weighted by Gasteiger charge is -2.16. The predicted molar refractivity (Wildman–Crippen MR) is 193 cm³/mol. The molecule has 0 saturated heterocycles. The van der Waals surface area contributed by atoms with Gasteiger partial charge in [-0.2, -0.15) is 0 Å². The molecule has 7 aromatic carbocycles. The molecule has 0 fully saturated rings. The van der Waals surface area contributed by atoms with Crippen LogP contribution in [0, 0.1) is 0 Å². The second-order valence-electron chi connectivity index (χ2n) is 11.8. The first-order valence-electron chi connectivity index (χ1n) is 15.8. The van der Waals surface area contributed by atoms with E-state index < -0.39 is 0 Å². The van der Waals surface area contributed by atoms with Crippen molar-refractivity contribution in [2.24, 2.45) is 0 Å². The smallest absolute Gasteiger partial charge is 0.164 e. The standard InChI is InChI=1S/C43H27N3O2/c47-37-26-32(33-19-11-20-35-34-18-9-10-21-38(34)48-40(33)35)25-36(39(37)28-13-3-1-4-14-28)43-45-41(29-15-5-2-6-16-29)44-42(46-43)31-23-22-27-12-7-8-17-30(27)24-31/h1-26,47H. The van der Waals surface area contributed by atoms with E-state index >= 15 is 0 Å². The summed E-state index contributed by atoms with van der Waals surface area (Å²) < 4.78 is 6.40. The third-order valence-corrected chi connectivity index (χ3v) is 8.81. The molecule has 2 aromatic heterocycles. The molecular weight excluding hydrogens is 590 g/mol. The van der Waals surface area contributed by atoms with E-state index in [1.165, 1.54) is 0 Å². The number of nitrogens with zero attached hydrogens (tertiary/aromatic N) is 3. The fraction of sp³-hybridized carbons (Fsp3) is 0. The van der Waals surface area contributed by atoms with Gasteiger partial charge in [0, 0.05) is 38.6 Å². The normalized spacial score (nSPS) is 11.4. The molecule has 0 saturated carbocycles. The lowest BCUT2D eigenvalue weighted by atomic mass is 9.92. The van der Waals surface area contributed by atoms with Gasteiger partial charge in [-0.15, -0.1) is 0 Å². The summed E-state index contributed by atoms with van der Waals surface area (Å²) in [5, 5.41) is 16.2. The minimum Gasteiger partial charge on any atom is -0.507 e. The van der Waals surface area contributed by atoms with Crippen molar-refractivity contribution in [3.05, 3.63) is 158 Å². The Hall–Kier alpha value is -6.59. The molecule has 0 unspecified atom stereocenters. The van der Waals surface area contributed by atoms with Crippen LogP contribution in [-0.2, 0) is 0 Å². The van der Waals surface area contributed by atoms with Gasteiger partial charge >= 0.3 is 0 Å². The molecule has 0 aliphatic rings. The van der Waals surface area contributed by atoms with Crippen LogP contribution >= 0.6 is 0 Å². The highest BCUT2D eigenvalue weighted by atomic mass is 16.3. The molecule has 0 aliphatic carbocycles. The van der Waals surface area contributed by atoms with Crippen molar-refractivity contribution in [3.8, 4) is 62.2 Å². The lowest BCUT2D eigenvalue weighted by Crippen LogP contribution is -2.01. The number of para-hydroxylation sites is 2. The molecular formula is C43H27N3O2. The van der Waals surface area contributed by atoms with Crippen LogP contribution in [0.15, 0.2) is 162 Å². The zero-order valence-corrected chi connectivity index (χ0v) is 25.7. The molecule has 0 amide bonds. The third-order valence-electron chi connectivity index (χ3n) is 8.81. The Kier molecular flexibility index (Phi) is 6.54. The minimum absolute atomic E-state index is 0.121. The van der Waals surface area contributed by atoms with Crippen LogP contribution in [0.25, 0.3) is 89.1 Å². The Balaban J connectivity index is 1.32. The summed E-state index contributed by atoms with van der Waals surface area (Å²) in [6.07, 6.45) is 0. The Morgan fingerprint density at radius 3 is 1.88 bits per heavy atom. The first-order valence-corrected chi connectivity index (χ1v) is 15.8. The monoisotopic (exact) mass is 617 g/mol. The number of fused-ring (bicyclic) bond motifs is 4. The minimum atomic E-state index is 0.121. The molecule has 9 aromatic rings. The van der Waals surface area contributed by atoms with Crippen molar-refractivity contribution >= 4 is 32.7 Å². The number of hydrogen-bond acceptors (Lipinski definition) is 5. The summed E-state index contributed by atoms with van der Waals surface area (Å²) in [6, 6.07) is 52.3. The molecule has 0 radical (unpaired) electrons. The number of aromatic hydroxyl groups is 1. The molecule has 226 valence electrons. The largest absolute Gasteiger partial charge is 0.507 e. The van der Waals surface area contributed by atoms with Crippen LogP contribution in [-0.4, -0.2) is 20.1 Å². The van der Waals surface area contributed by atoms with Gasteiger partial charge in [0.1, 0.15) is 16.9 Å². The quantitative estimate of drug-likeness (QED) is 0.208. The van der Waals surface area contributed by atoms with E-state index in [0.29, 0.717) is 28.6 Å². The average Bonchev–Trinajstić information content (AvgIpc) is 3.54. The van der Waals surface area contributed by atoms with Crippen molar-refractivity contribution in [2.45, 2.75) is 0 Å². The molecule has 0 bridgehead atoms. The van der Waals surface area contributed by atoms with Crippen LogP contribution in [0.2, 0.25) is 0 Å². The molecule has 0 aliphatic heterocycles. The fourth-order valence-electron chi connectivity index (χ4n) is 6.51. The van der Waals surface area contributed by atoms with Crippen molar-refractivity contribution < 1.29 is 9.52 Å². The molecule has 0 atom stereocenters. The highest BCUT2D eigenvalue weighted by molar-refractivity contribution is 6.10. The molecule has 2 heterocycles. The number of aromatic nitrogens is 3. The van der Waals surface area contributed by atoms with E-state index in [1.54, 1.807) is 6.07 Å².